The first-order valence-corrected chi connectivity index (χ1v) is 8.74. The molecule has 1 aromatic carbocycles. The number of sulfonamides is 1. The third kappa shape index (κ3) is 5.47. The number of methoxy groups -OCH3 is 1. The number of hydrogen-bond acceptors (Lipinski definition) is 4. The van der Waals surface area contributed by atoms with Crippen LogP contribution in [0.5, 0.6) is 5.75 Å². The van der Waals surface area contributed by atoms with Crippen molar-refractivity contribution in [3.8, 4) is 5.75 Å². The van der Waals surface area contributed by atoms with E-state index in [1.54, 1.807) is 0 Å². The Morgan fingerprint density at radius 3 is 2.62 bits per heavy atom. The molecule has 1 aromatic rings. The number of benzene rings is 1. The van der Waals surface area contributed by atoms with E-state index in [2.05, 4.69) is 4.72 Å². The molecule has 0 saturated carbocycles. The van der Waals surface area contributed by atoms with Crippen LogP contribution in [0.1, 0.15) is 26.2 Å². The maximum absolute atomic E-state index is 12.2. The van der Waals surface area contributed by atoms with Crippen molar-refractivity contribution in [1.29, 1.82) is 0 Å². The fraction of sp³-hybridized carbons (Fsp3) is 0.571. The average molecular weight is 336 g/mol. The maximum atomic E-state index is 12.2. The van der Waals surface area contributed by atoms with Gasteiger partial charge in [0.25, 0.3) is 0 Å². The molecule has 0 fully saturated rings. The van der Waals surface area contributed by atoms with Gasteiger partial charge in [-0.3, -0.25) is 0 Å². The van der Waals surface area contributed by atoms with Gasteiger partial charge in [-0.1, -0.05) is 24.9 Å². The van der Waals surface area contributed by atoms with Crippen molar-refractivity contribution < 1.29 is 18.3 Å². The highest BCUT2D eigenvalue weighted by atomic mass is 35.5. The Morgan fingerprint density at radius 1 is 1.38 bits per heavy atom. The molecule has 0 aliphatic rings. The number of nitrogens with one attached hydrogen (secondary N) is 1. The highest BCUT2D eigenvalue weighted by Gasteiger charge is 2.18. The number of aliphatic hydroxyl groups excluding tert-OH is 1. The monoisotopic (exact) mass is 335 g/mol. The van der Waals surface area contributed by atoms with Crippen LogP contribution in [0.15, 0.2) is 23.1 Å². The molecule has 5 nitrogen and oxygen atoms in total. The smallest absolute Gasteiger partial charge is 0.240 e. The van der Waals surface area contributed by atoms with Crippen molar-refractivity contribution in [2.75, 3.05) is 20.3 Å². The lowest BCUT2D eigenvalue weighted by Crippen LogP contribution is -2.30. The van der Waals surface area contributed by atoms with Gasteiger partial charge in [-0.15, -0.1) is 0 Å². The summed E-state index contributed by atoms with van der Waals surface area (Å²) in [5.74, 6) is 0.559. The summed E-state index contributed by atoms with van der Waals surface area (Å²) in [5.41, 5.74) is 0. The number of hydrogen-bond donors (Lipinski definition) is 2. The quantitative estimate of drug-likeness (QED) is 0.726. The molecule has 0 amide bonds. The summed E-state index contributed by atoms with van der Waals surface area (Å²) in [6.45, 7) is 2.39. The summed E-state index contributed by atoms with van der Waals surface area (Å²) in [4.78, 5) is 0.104. The fourth-order valence-corrected chi connectivity index (χ4v) is 3.53. The number of halogens is 1. The van der Waals surface area contributed by atoms with E-state index in [9.17, 15) is 8.42 Å². The highest BCUT2D eigenvalue weighted by Crippen LogP contribution is 2.26. The van der Waals surface area contributed by atoms with Crippen molar-refractivity contribution in [2.24, 2.45) is 5.92 Å². The normalized spacial score (nSPS) is 13.1. The molecule has 0 spiro atoms. The SMILES string of the molecule is CCCC(CCO)CNS(=O)(=O)c1ccc(OC)c(Cl)c1. The summed E-state index contributed by atoms with van der Waals surface area (Å²) in [6, 6.07) is 4.34. The van der Waals surface area contributed by atoms with E-state index in [1.807, 2.05) is 6.92 Å². The van der Waals surface area contributed by atoms with Crippen LogP contribution in [0.25, 0.3) is 0 Å². The zero-order valence-corrected chi connectivity index (χ0v) is 13.9. The van der Waals surface area contributed by atoms with E-state index < -0.39 is 10.0 Å². The van der Waals surface area contributed by atoms with Gasteiger partial charge in [0.1, 0.15) is 5.75 Å². The maximum Gasteiger partial charge on any atom is 0.240 e. The van der Waals surface area contributed by atoms with Crippen LogP contribution in [0, 0.1) is 5.92 Å². The van der Waals surface area contributed by atoms with Crippen LogP contribution in [-0.2, 0) is 10.0 Å². The zero-order chi connectivity index (χ0) is 15.9. The highest BCUT2D eigenvalue weighted by molar-refractivity contribution is 7.89. The first-order valence-electron chi connectivity index (χ1n) is 6.88. The van der Waals surface area contributed by atoms with Gasteiger partial charge in [-0.2, -0.15) is 0 Å². The van der Waals surface area contributed by atoms with Crippen LogP contribution >= 0.6 is 11.6 Å². The standard InChI is InChI=1S/C14H22ClNO4S/c1-3-4-11(7-8-17)10-16-21(18,19)12-5-6-14(20-2)13(15)9-12/h5-6,9,11,16-17H,3-4,7-8,10H2,1-2H3. The van der Waals surface area contributed by atoms with E-state index in [1.165, 1.54) is 25.3 Å². The predicted molar refractivity (Wildman–Crippen MR) is 83.3 cm³/mol. The molecule has 1 rings (SSSR count). The van der Waals surface area contributed by atoms with E-state index in [0.29, 0.717) is 18.7 Å². The minimum absolute atomic E-state index is 0.0563. The summed E-state index contributed by atoms with van der Waals surface area (Å²) < 4.78 is 32.0. The molecule has 0 heterocycles. The van der Waals surface area contributed by atoms with Gasteiger partial charge in [0, 0.05) is 13.2 Å². The lowest BCUT2D eigenvalue weighted by atomic mass is 10.0. The summed E-state index contributed by atoms with van der Waals surface area (Å²) in [6.07, 6.45) is 2.40. The number of ether oxygens (including phenoxy) is 1. The van der Waals surface area contributed by atoms with E-state index in [0.717, 1.165) is 12.8 Å². The van der Waals surface area contributed by atoms with Gasteiger partial charge in [0.05, 0.1) is 17.0 Å². The molecule has 1 unspecified atom stereocenters. The van der Waals surface area contributed by atoms with Crippen LogP contribution in [-0.4, -0.2) is 33.8 Å². The van der Waals surface area contributed by atoms with E-state index >= 15 is 0 Å². The van der Waals surface area contributed by atoms with Gasteiger partial charge in [0.2, 0.25) is 10.0 Å². The Kier molecular flexibility index (Phi) is 7.45. The van der Waals surface area contributed by atoms with Crippen LogP contribution < -0.4 is 9.46 Å². The summed E-state index contributed by atoms with van der Waals surface area (Å²) in [5, 5.41) is 9.25. The minimum atomic E-state index is -3.61. The third-order valence-corrected chi connectivity index (χ3v) is 4.95. The molecule has 0 saturated heterocycles. The van der Waals surface area contributed by atoms with E-state index in [-0.39, 0.29) is 22.4 Å². The third-order valence-electron chi connectivity index (χ3n) is 3.23. The van der Waals surface area contributed by atoms with Crippen molar-refractivity contribution in [2.45, 2.75) is 31.1 Å². The first kappa shape index (κ1) is 18.2. The van der Waals surface area contributed by atoms with Gasteiger partial charge >= 0.3 is 0 Å². The minimum Gasteiger partial charge on any atom is -0.495 e. The number of aliphatic hydroxyl groups is 1. The summed E-state index contributed by atoms with van der Waals surface area (Å²) in [7, 11) is -2.14. The van der Waals surface area contributed by atoms with Gasteiger partial charge < -0.3 is 9.84 Å². The predicted octanol–water partition coefficient (Wildman–Crippen LogP) is 2.43. The molecular weight excluding hydrogens is 314 g/mol. The number of rotatable bonds is 9. The zero-order valence-electron chi connectivity index (χ0n) is 12.3. The van der Waals surface area contributed by atoms with Crippen LogP contribution in [0.4, 0.5) is 0 Å². The summed E-state index contributed by atoms with van der Waals surface area (Å²) >= 11 is 5.95. The Balaban J connectivity index is 2.79. The molecule has 0 aliphatic carbocycles. The lowest BCUT2D eigenvalue weighted by Gasteiger charge is -2.16. The Bertz CT molecular complexity index is 542. The van der Waals surface area contributed by atoms with Crippen molar-refractivity contribution in [1.82, 2.24) is 4.72 Å². The average Bonchev–Trinajstić information content (AvgIpc) is 2.45. The van der Waals surface area contributed by atoms with Crippen LogP contribution in [0.2, 0.25) is 5.02 Å². The largest absolute Gasteiger partial charge is 0.495 e. The molecule has 0 aromatic heterocycles. The molecule has 21 heavy (non-hydrogen) atoms. The fourth-order valence-electron chi connectivity index (χ4n) is 2.06. The Hall–Kier alpha value is -0.820. The van der Waals surface area contributed by atoms with Crippen molar-refractivity contribution >= 4 is 21.6 Å². The van der Waals surface area contributed by atoms with Gasteiger partial charge in [-0.05, 0) is 37.0 Å². The second kappa shape index (κ2) is 8.58. The molecule has 1 atom stereocenters. The van der Waals surface area contributed by atoms with Crippen molar-refractivity contribution in [3.63, 3.8) is 0 Å². The molecular formula is C14H22ClNO4S. The molecule has 7 heteroatoms. The topological polar surface area (TPSA) is 75.6 Å². The second-order valence-corrected chi connectivity index (χ2v) is 6.99. The van der Waals surface area contributed by atoms with Gasteiger partial charge in [0.15, 0.2) is 0 Å². The Labute approximate surface area is 131 Å². The second-order valence-electron chi connectivity index (χ2n) is 4.82. The van der Waals surface area contributed by atoms with E-state index in [4.69, 9.17) is 21.4 Å². The molecule has 120 valence electrons. The molecule has 0 aliphatic heterocycles. The Morgan fingerprint density at radius 2 is 2.10 bits per heavy atom. The molecule has 2 N–H and O–H groups in total. The van der Waals surface area contributed by atoms with Crippen molar-refractivity contribution in [3.05, 3.63) is 23.2 Å². The molecule has 0 radical (unpaired) electrons. The molecule has 0 bridgehead atoms. The first-order chi connectivity index (χ1) is 9.94. The van der Waals surface area contributed by atoms with Gasteiger partial charge in [-0.25, -0.2) is 13.1 Å². The van der Waals surface area contributed by atoms with Crippen LogP contribution in [0.3, 0.4) is 0 Å². The lowest BCUT2D eigenvalue weighted by molar-refractivity contribution is 0.251.